The summed E-state index contributed by atoms with van der Waals surface area (Å²) in [6.45, 7) is 98.0. The fourth-order valence-corrected chi connectivity index (χ4v) is 10.0. The van der Waals surface area contributed by atoms with E-state index < -0.39 is 0 Å². The fourth-order valence-electron chi connectivity index (χ4n) is 6.96. The molecule has 768 valence electrons. The summed E-state index contributed by atoms with van der Waals surface area (Å²) in [5, 5.41) is 12.3. The molecular formula is C122H206N4O4S5. The Labute approximate surface area is 857 Å². The maximum atomic E-state index is 5.13. The number of hydrogen-bond donors (Lipinski definition) is 0. The highest BCUT2D eigenvalue weighted by Crippen LogP contribution is 2.17. The minimum absolute atomic E-state index is 0.505. The van der Waals surface area contributed by atoms with Crippen LogP contribution in [-0.2, 0) is 6.42 Å². The van der Waals surface area contributed by atoms with Crippen LogP contribution < -0.4 is 0 Å². The molecule has 0 atom stereocenters. The molecule has 0 saturated heterocycles. The minimum atomic E-state index is 0.505. The van der Waals surface area contributed by atoms with E-state index in [1.807, 2.05) is 70.8 Å². The van der Waals surface area contributed by atoms with Crippen LogP contribution in [0.1, 0.15) is 424 Å². The molecule has 0 saturated carbocycles. The maximum absolute atomic E-state index is 5.13. The first-order valence-electron chi connectivity index (χ1n) is 50.5. The average molecular weight is 1950 g/mol. The van der Waals surface area contributed by atoms with Crippen LogP contribution in [0.15, 0.2) is 179 Å². The number of aromatic nitrogens is 4. The summed E-state index contributed by atoms with van der Waals surface area (Å²) in [7, 11) is 0. The molecule has 0 aliphatic heterocycles. The van der Waals surface area contributed by atoms with Crippen LogP contribution in [0.3, 0.4) is 0 Å². The molecule has 0 N–H and O–H groups in total. The lowest BCUT2D eigenvalue weighted by Gasteiger charge is -2.01. The Morgan fingerprint density at radius 2 is 0.681 bits per heavy atom. The predicted molar refractivity (Wildman–Crippen MR) is 619 cm³/mol. The Bertz CT molecular complexity index is 3480. The van der Waals surface area contributed by atoms with Crippen molar-refractivity contribution in [1.29, 1.82) is 0 Å². The maximum Gasteiger partial charge on any atom is 0.273 e. The van der Waals surface area contributed by atoms with Gasteiger partial charge in [-0.25, -0.2) is 19.9 Å². The van der Waals surface area contributed by atoms with Crippen LogP contribution in [0.5, 0.6) is 0 Å². The molecule has 0 radical (unpaired) electrons. The third-order valence-electron chi connectivity index (χ3n) is 12.1. The first-order valence-corrected chi connectivity index (χ1v) is 54.9. The smallest absolute Gasteiger partial charge is 0.273 e. The number of rotatable bonds is 20. The van der Waals surface area contributed by atoms with Gasteiger partial charge < -0.3 is 17.7 Å². The van der Waals surface area contributed by atoms with Crippen molar-refractivity contribution in [3.8, 4) is 47.4 Å². The van der Waals surface area contributed by atoms with Crippen LogP contribution in [0.4, 0.5) is 0 Å². The summed E-state index contributed by atoms with van der Waals surface area (Å²) in [6, 6.07) is 20.2. The molecule has 9 aromatic rings. The lowest BCUT2D eigenvalue weighted by atomic mass is 10.1. The van der Waals surface area contributed by atoms with E-state index in [1.54, 1.807) is 82.7 Å². The van der Waals surface area contributed by atoms with Crippen molar-refractivity contribution >= 4 is 81.0 Å². The number of nitrogens with zero attached hydrogens (tertiary/aromatic N) is 4. The summed E-state index contributed by atoms with van der Waals surface area (Å²) in [5.74, 6) is 40.9. The molecule has 9 aromatic heterocycles. The molecule has 9 heterocycles. The molecule has 0 aliphatic carbocycles. The van der Waals surface area contributed by atoms with Crippen molar-refractivity contribution in [1.82, 2.24) is 19.9 Å². The third-order valence-corrected chi connectivity index (χ3v) is 16.0. The Hall–Kier alpha value is -7.46. The van der Waals surface area contributed by atoms with Crippen molar-refractivity contribution in [2.24, 2.45) is 107 Å². The molecule has 0 spiro atoms. The number of hydrogen-bond acceptors (Lipinski definition) is 13. The monoisotopic (exact) mass is 1950 g/mol. The number of thiazole rings is 2. The molecule has 0 bridgehead atoms. The molecule has 0 fully saturated rings. The lowest BCUT2D eigenvalue weighted by molar-refractivity contribution is 0.543. The second-order valence-corrected chi connectivity index (χ2v) is 46.9. The van der Waals surface area contributed by atoms with Gasteiger partial charge in [-0.1, -0.05) is 390 Å². The average Bonchev–Trinajstić information content (AvgIpc) is 1.91. The SMILES string of the molecule is CC(C)C.CC(C)C.CC(C)C.CC(C)C.CC(C)C.CC(C)C.CC(C)C.CC(C)C.CC(C)C.CC(C)C/C=C/c1ccco1.CC(C)C/C=C/c1cccs1.CC(C)C/C=C/c1ncco1.CC(C)C/C=C/c1nccs1.CC(C)CC#Cc1ccco1.CC(C)CC#Cc1cccs1.CC(C)CC#Cc1ncco1.CC(C)CC#Cc1nccs1.CC(C)CCCc1cccs1. The first kappa shape index (κ1) is 145. The van der Waals surface area contributed by atoms with Gasteiger partial charge in [-0.15, -0.1) is 56.7 Å². The lowest BCUT2D eigenvalue weighted by Crippen LogP contribution is -1.88. The predicted octanol–water partition coefficient (Wildman–Crippen LogP) is 42.2. The fraction of sp³-hybridized carbons (Fsp3) is 0.607. The van der Waals surface area contributed by atoms with Gasteiger partial charge in [0.15, 0.2) is 10.8 Å². The van der Waals surface area contributed by atoms with Crippen LogP contribution in [-0.4, -0.2) is 19.9 Å². The van der Waals surface area contributed by atoms with Gasteiger partial charge in [0, 0.05) is 58.6 Å². The zero-order valence-electron chi connectivity index (χ0n) is 95.0. The van der Waals surface area contributed by atoms with Gasteiger partial charge in [0.1, 0.15) is 23.3 Å². The Morgan fingerprint density at radius 1 is 0.289 bits per heavy atom. The summed E-state index contributed by atoms with van der Waals surface area (Å²) >= 11 is 8.63. The van der Waals surface area contributed by atoms with Crippen molar-refractivity contribution in [2.75, 3.05) is 0 Å². The van der Waals surface area contributed by atoms with Gasteiger partial charge in [0.2, 0.25) is 5.89 Å². The number of aryl methyl sites for hydroxylation is 1. The van der Waals surface area contributed by atoms with Crippen molar-refractivity contribution in [2.45, 2.75) is 382 Å². The van der Waals surface area contributed by atoms with Gasteiger partial charge in [0.25, 0.3) is 5.89 Å². The van der Waals surface area contributed by atoms with Crippen LogP contribution >= 0.6 is 56.7 Å². The standard InChI is InChI=1S/C10H14O.C10H12O.C10H16S.C10H14S.C10H12S.C9H13NO.C9H11NO.C9H13NS.C9H11NS.9C4H10/c5*1-9(2)5-3-6-10-7-4-8-11-10;4*1-8(2)4-3-5-9-10-6-7-11-9;9*1-4(2)3/h3-4,6-9H,5H2,1-2H3;4,7-9H,5H2,1-2H3;4,7-9H,3,5-6H2,1-2H3;3-4,6-9H,5H2,1-2H3;4,7-9H,5H2,1-2H3;3,5-8H,4H2,1-2H3;6-8H,4H2,1-2H3;3,5-8H,4H2,1-2H3;6-8H,4H2,1-2H3;9*4H,1-3H3/b6-3+;;;6-3+;;5-3+;;5-3+;;;;;;;;;;. The summed E-state index contributed by atoms with van der Waals surface area (Å²) in [6.07, 6.45) is 42.4. The van der Waals surface area contributed by atoms with E-state index in [-0.39, 0.29) is 0 Å². The zero-order valence-corrected chi connectivity index (χ0v) is 99.1. The third kappa shape index (κ3) is 164. The van der Waals surface area contributed by atoms with Gasteiger partial charge >= 0.3 is 0 Å². The molecule has 0 amide bonds. The topological polar surface area (TPSA) is 104 Å². The van der Waals surface area contributed by atoms with E-state index in [0.29, 0.717) is 41.4 Å². The zero-order chi connectivity index (χ0) is 105. The largest absolute Gasteiger partial charge is 0.465 e. The molecule has 9 rings (SSSR count). The van der Waals surface area contributed by atoms with Crippen molar-refractivity contribution < 1.29 is 17.7 Å². The Morgan fingerprint density at radius 3 is 1.04 bits per heavy atom. The summed E-state index contributed by atoms with van der Waals surface area (Å²) in [4.78, 5) is 20.1. The van der Waals surface area contributed by atoms with E-state index in [0.717, 1.165) is 143 Å². The van der Waals surface area contributed by atoms with Gasteiger partial charge in [-0.3, -0.25) is 0 Å². The molecular weight excluding hydrogens is 1750 g/mol. The molecule has 0 aliphatic rings. The second-order valence-electron chi connectivity index (χ2n) is 42.1. The summed E-state index contributed by atoms with van der Waals surface area (Å²) < 4.78 is 20.1. The van der Waals surface area contributed by atoms with E-state index in [2.05, 4.69) is 462 Å². The highest BCUT2D eigenvalue weighted by atomic mass is 32.1. The summed E-state index contributed by atoms with van der Waals surface area (Å²) in [5.41, 5.74) is 0. The van der Waals surface area contributed by atoms with E-state index >= 15 is 0 Å². The highest BCUT2D eigenvalue weighted by molar-refractivity contribution is 7.11. The van der Waals surface area contributed by atoms with Crippen molar-refractivity contribution in [3.63, 3.8) is 0 Å². The quantitative estimate of drug-likeness (QED) is 0.0695. The normalized spacial score (nSPS) is 10.1. The molecule has 13 heteroatoms. The van der Waals surface area contributed by atoms with Crippen molar-refractivity contribution in [3.05, 3.63) is 210 Å². The van der Waals surface area contributed by atoms with Gasteiger partial charge in [-0.2, -0.15) is 0 Å². The number of furan rings is 2. The van der Waals surface area contributed by atoms with Crippen LogP contribution in [0, 0.1) is 154 Å². The molecule has 0 unspecified atom stereocenters. The Balaban J connectivity index is -0.000000181. The highest BCUT2D eigenvalue weighted by Gasteiger charge is 1.99. The number of allylic oxidation sites excluding steroid dienone is 4. The first-order chi connectivity index (χ1) is 63.2. The Kier molecular flexibility index (Phi) is 115. The van der Waals surface area contributed by atoms with E-state index in [9.17, 15) is 0 Å². The van der Waals surface area contributed by atoms with E-state index in [4.69, 9.17) is 17.7 Å². The van der Waals surface area contributed by atoms with Crippen LogP contribution in [0.2, 0.25) is 0 Å². The number of oxazole rings is 2. The molecule has 135 heavy (non-hydrogen) atoms. The van der Waals surface area contributed by atoms with E-state index in [1.165, 1.54) is 46.6 Å². The molecule has 8 nitrogen and oxygen atoms in total. The molecule has 0 aromatic carbocycles. The number of thiophene rings is 3. The van der Waals surface area contributed by atoms with Gasteiger partial charge in [-0.05, 0) is 246 Å². The minimum Gasteiger partial charge on any atom is -0.465 e. The van der Waals surface area contributed by atoms with Crippen LogP contribution in [0.25, 0.3) is 24.3 Å². The van der Waals surface area contributed by atoms with Gasteiger partial charge in [0.05, 0.1) is 29.8 Å². The second kappa shape index (κ2) is 107.